The molecule has 0 aliphatic rings. The van der Waals surface area contributed by atoms with Gasteiger partial charge < -0.3 is 10.1 Å². The van der Waals surface area contributed by atoms with Gasteiger partial charge in [-0.15, -0.1) is 0 Å². The number of ether oxygens (including phenoxy) is 1. The molecule has 0 atom stereocenters. The highest BCUT2D eigenvalue weighted by molar-refractivity contribution is 9.10. The van der Waals surface area contributed by atoms with Crippen LogP contribution in [-0.4, -0.2) is 30.9 Å². The molecule has 27 heavy (non-hydrogen) atoms. The molecule has 0 aliphatic heterocycles. The molecule has 3 N–H and O–H groups in total. The van der Waals surface area contributed by atoms with Gasteiger partial charge in [-0.3, -0.25) is 25.2 Å². The number of aryl methyl sites for hydroxylation is 2. The van der Waals surface area contributed by atoms with E-state index in [1.165, 1.54) is 0 Å². The van der Waals surface area contributed by atoms with Crippen LogP contribution in [0.25, 0.3) is 0 Å². The Morgan fingerprint density at radius 2 is 1.52 bits per heavy atom. The Bertz CT molecular complexity index is 817. The van der Waals surface area contributed by atoms with E-state index >= 15 is 0 Å². The van der Waals surface area contributed by atoms with Crippen LogP contribution in [0.1, 0.15) is 21.5 Å². The van der Waals surface area contributed by atoms with Gasteiger partial charge in [0.25, 0.3) is 17.7 Å². The number of carbonyl (C=O) groups is 3. The number of hydrogen-bond donors (Lipinski definition) is 3. The van der Waals surface area contributed by atoms with E-state index in [1.54, 1.807) is 24.3 Å². The molecule has 0 fully saturated rings. The highest BCUT2D eigenvalue weighted by Crippen LogP contribution is 2.15. The molecule has 0 unspecified atom stereocenters. The lowest BCUT2D eigenvalue weighted by atomic mass is 10.1. The Labute approximate surface area is 165 Å². The molecule has 2 rings (SSSR count). The van der Waals surface area contributed by atoms with Gasteiger partial charge >= 0.3 is 0 Å². The van der Waals surface area contributed by atoms with Crippen LogP contribution in [0.4, 0.5) is 0 Å². The van der Waals surface area contributed by atoms with Crippen LogP contribution in [0.15, 0.2) is 46.9 Å². The second-order valence-electron chi connectivity index (χ2n) is 5.90. The maximum atomic E-state index is 11.9. The normalized spacial score (nSPS) is 10.0. The summed E-state index contributed by atoms with van der Waals surface area (Å²) in [5.74, 6) is -0.875. The predicted molar refractivity (Wildman–Crippen MR) is 104 cm³/mol. The number of amides is 3. The molecule has 8 heteroatoms. The Hall–Kier alpha value is -2.87. The third-order valence-corrected chi connectivity index (χ3v) is 3.95. The monoisotopic (exact) mass is 433 g/mol. The van der Waals surface area contributed by atoms with Crippen molar-refractivity contribution in [1.29, 1.82) is 0 Å². The Morgan fingerprint density at radius 3 is 2.15 bits per heavy atom. The minimum absolute atomic E-state index is 0.242. The molecule has 2 aromatic carbocycles. The largest absolute Gasteiger partial charge is 0.484 e. The van der Waals surface area contributed by atoms with Gasteiger partial charge in [-0.05, 0) is 61.4 Å². The van der Waals surface area contributed by atoms with Gasteiger partial charge in [0.2, 0.25) is 0 Å². The summed E-state index contributed by atoms with van der Waals surface area (Å²) in [7, 11) is 0. The average molecular weight is 434 g/mol. The molecule has 0 saturated carbocycles. The zero-order valence-corrected chi connectivity index (χ0v) is 16.6. The number of hydrazine groups is 1. The van der Waals surface area contributed by atoms with Crippen LogP contribution >= 0.6 is 15.9 Å². The third kappa shape index (κ3) is 7.10. The molecule has 0 radical (unpaired) electrons. The van der Waals surface area contributed by atoms with Gasteiger partial charge in [-0.25, -0.2) is 0 Å². The molecule has 2 aromatic rings. The van der Waals surface area contributed by atoms with Crippen molar-refractivity contribution < 1.29 is 19.1 Å². The van der Waals surface area contributed by atoms with Crippen molar-refractivity contribution in [2.24, 2.45) is 0 Å². The Kier molecular flexibility index (Phi) is 7.36. The summed E-state index contributed by atoms with van der Waals surface area (Å²) < 4.78 is 6.24. The predicted octanol–water partition coefficient (Wildman–Crippen LogP) is 2.02. The van der Waals surface area contributed by atoms with Gasteiger partial charge in [-0.2, -0.15) is 0 Å². The lowest BCUT2D eigenvalue weighted by Crippen LogP contribution is -2.47. The number of rotatable bonds is 6. The molecule has 0 bridgehead atoms. The summed E-state index contributed by atoms with van der Waals surface area (Å²) in [6, 6.07) is 12.3. The van der Waals surface area contributed by atoms with Crippen LogP contribution in [-0.2, 0) is 9.59 Å². The molecular formula is C19H20BrN3O4. The number of benzene rings is 2. The summed E-state index contributed by atoms with van der Waals surface area (Å²) >= 11 is 3.28. The first-order valence-electron chi connectivity index (χ1n) is 8.16. The second kappa shape index (κ2) is 9.72. The SMILES string of the molecule is Cc1cc(C)cc(OCC(=O)NNC(=O)CNC(=O)c2ccc(Br)cc2)c1. The van der Waals surface area contributed by atoms with E-state index in [0.717, 1.165) is 15.6 Å². The van der Waals surface area contributed by atoms with E-state index in [9.17, 15) is 14.4 Å². The maximum absolute atomic E-state index is 11.9. The fourth-order valence-corrected chi connectivity index (χ4v) is 2.51. The number of carbonyl (C=O) groups excluding carboxylic acids is 3. The molecule has 0 saturated heterocycles. The number of hydrogen-bond acceptors (Lipinski definition) is 4. The third-order valence-electron chi connectivity index (χ3n) is 3.42. The standard InChI is InChI=1S/C19H20BrN3O4/c1-12-7-13(2)9-16(8-12)27-11-18(25)23-22-17(24)10-21-19(26)14-3-5-15(20)6-4-14/h3-9H,10-11H2,1-2H3,(H,21,26)(H,22,24)(H,23,25). The summed E-state index contributed by atoms with van der Waals surface area (Å²) in [5, 5.41) is 2.46. The van der Waals surface area contributed by atoms with E-state index in [1.807, 2.05) is 32.0 Å². The topological polar surface area (TPSA) is 96.5 Å². The minimum Gasteiger partial charge on any atom is -0.484 e. The van der Waals surface area contributed by atoms with Crippen LogP contribution in [0, 0.1) is 13.8 Å². The van der Waals surface area contributed by atoms with Crippen molar-refractivity contribution in [1.82, 2.24) is 16.2 Å². The van der Waals surface area contributed by atoms with Gasteiger partial charge in [0.05, 0.1) is 6.54 Å². The molecule has 142 valence electrons. The first kappa shape index (κ1) is 20.4. The van der Waals surface area contributed by atoms with Crippen LogP contribution in [0.2, 0.25) is 0 Å². The summed E-state index contributed by atoms with van der Waals surface area (Å²) in [6.07, 6.45) is 0. The molecule has 3 amide bonds. The highest BCUT2D eigenvalue weighted by atomic mass is 79.9. The van der Waals surface area contributed by atoms with E-state index in [0.29, 0.717) is 11.3 Å². The van der Waals surface area contributed by atoms with Crippen LogP contribution in [0.5, 0.6) is 5.75 Å². The van der Waals surface area contributed by atoms with Crippen molar-refractivity contribution in [2.45, 2.75) is 13.8 Å². The van der Waals surface area contributed by atoms with Crippen molar-refractivity contribution in [2.75, 3.05) is 13.2 Å². The molecule has 0 spiro atoms. The fraction of sp³-hybridized carbons (Fsp3) is 0.211. The van der Waals surface area contributed by atoms with Crippen molar-refractivity contribution in [3.05, 3.63) is 63.6 Å². The van der Waals surface area contributed by atoms with Crippen molar-refractivity contribution in [3.63, 3.8) is 0 Å². The Balaban J connectivity index is 1.69. The molecular weight excluding hydrogens is 414 g/mol. The van der Waals surface area contributed by atoms with E-state index < -0.39 is 11.8 Å². The average Bonchev–Trinajstić information content (AvgIpc) is 2.62. The fourth-order valence-electron chi connectivity index (χ4n) is 2.25. The van der Waals surface area contributed by atoms with Gasteiger partial charge in [0.15, 0.2) is 6.61 Å². The van der Waals surface area contributed by atoms with Crippen LogP contribution in [0.3, 0.4) is 0 Å². The van der Waals surface area contributed by atoms with Crippen molar-refractivity contribution >= 4 is 33.7 Å². The zero-order valence-electron chi connectivity index (χ0n) is 15.0. The van der Waals surface area contributed by atoms with Crippen molar-refractivity contribution in [3.8, 4) is 5.75 Å². The molecule has 0 heterocycles. The summed E-state index contributed by atoms with van der Waals surface area (Å²) in [6.45, 7) is 3.35. The maximum Gasteiger partial charge on any atom is 0.276 e. The molecule has 0 aromatic heterocycles. The van der Waals surface area contributed by atoms with E-state index in [4.69, 9.17) is 4.74 Å². The molecule has 7 nitrogen and oxygen atoms in total. The zero-order chi connectivity index (χ0) is 19.8. The van der Waals surface area contributed by atoms with Crippen LogP contribution < -0.4 is 20.9 Å². The summed E-state index contributed by atoms with van der Waals surface area (Å²) in [5.41, 5.74) is 6.93. The Morgan fingerprint density at radius 1 is 0.926 bits per heavy atom. The smallest absolute Gasteiger partial charge is 0.276 e. The van der Waals surface area contributed by atoms with E-state index in [-0.39, 0.29) is 19.1 Å². The van der Waals surface area contributed by atoms with Gasteiger partial charge in [0, 0.05) is 10.0 Å². The quantitative estimate of drug-likeness (QED) is 0.607. The second-order valence-corrected chi connectivity index (χ2v) is 6.81. The van der Waals surface area contributed by atoms with E-state index in [2.05, 4.69) is 32.1 Å². The minimum atomic E-state index is -0.555. The first-order chi connectivity index (χ1) is 12.8. The number of nitrogens with one attached hydrogen (secondary N) is 3. The lowest BCUT2D eigenvalue weighted by molar-refractivity contribution is -0.129. The molecule has 0 aliphatic carbocycles. The first-order valence-corrected chi connectivity index (χ1v) is 8.95. The highest BCUT2D eigenvalue weighted by Gasteiger charge is 2.09. The summed E-state index contributed by atoms with van der Waals surface area (Å²) in [4.78, 5) is 35.4. The lowest BCUT2D eigenvalue weighted by Gasteiger charge is -2.10. The van der Waals surface area contributed by atoms with Gasteiger partial charge in [0.1, 0.15) is 5.75 Å². The van der Waals surface area contributed by atoms with Gasteiger partial charge in [-0.1, -0.05) is 22.0 Å². The number of halogens is 1.